The molecule has 3 aromatic heterocycles. The maximum absolute atomic E-state index is 13.2. The number of hydrogen-bond acceptors (Lipinski definition) is 8. The SMILES string of the molecule is O=C1[C@@H](NS(=O)(=O)c2ccc(-c3ccc(Cl)s3)s2)CCCN1CC(=O)N1CCC[C@H]1CNCc1ccccn1. The predicted molar refractivity (Wildman–Crippen MR) is 153 cm³/mol. The summed E-state index contributed by atoms with van der Waals surface area (Å²) in [7, 11) is -3.90. The Bertz CT molecular complexity index is 1410. The Morgan fingerprint density at radius 1 is 1.05 bits per heavy atom. The van der Waals surface area contributed by atoms with Gasteiger partial charge in [-0.25, -0.2) is 8.42 Å². The summed E-state index contributed by atoms with van der Waals surface area (Å²) in [5.41, 5.74) is 0.940. The van der Waals surface area contributed by atoms with E-state index in [1.54, 1.807) is 24.4 Å². The number of carbonyl (C=O) groups excluding carboxylic acids is 2. The maximum Gasteiger partial charge on any atom is 0.250 e. The third-order valence-electron chi connectivity index (χ3n) is 6.93. The fraction of sp³-hybridized carbons (Fsp3) is 0.423. The van der Waals surface area contributed by atoms with Crippen LogP contribution in [-0.2, 0) is 26.2 Å². The van der Waals surface area contributed by atoms with Crippen LogP contribution in [0.3, 0.4) is 0 Å². The first-order valence-electron chi connectivity index (χ1n) is 12.9. The van der Waals surface area contributed by atoms with Crippen LogP contribution in [0.4, 0.5) is 0 Å². The first-order valence-corrected chi connectivity index (χ1v) is 16.4. The van der Waals surface area contributed by atoms with Gasteiger partial charge in [-0.1, -0.05) is 17.7 Å². The van der Waals surface area contributed by atoms with Crippen LogP contribution in [0.5, 0.6) is 0 Å². The van der Waals surface area contributed by atoms with Crippen molar-refractivity contribution in [2.45, 2.75) is 48.5 Å². The molecule has 5 heterocycles. The van der Waals surface area contributed by atoms with Crippen molar-refractivity contribution in [2.24, 2.45) is 0 Å². The average molecular weight is 608 g/mol. The van der Waals surface area contributed by atoms with Crippen molar-refractivity contribution in [3.8, 4) is 9.75 Å². The molecule has 39 heavy (non-hydrogen) atoms. The Kier molecular flexibility index (Phi) is 8.99. The van der Waals surface area contributed by atoms with Gasteiger partial charge >= 0.3 is 0 Å². The number of nitrogens with zero attached hydrogens (tertiary/aromatic N) is 3. The van der Waals surface area contributed by atoms with Gasteiger partial charge in [-0.2, -0.15) is 4.72 Å². The molecule has 2 N–H and O–H groups in total. The average Bonchev–Trinajstić information content (AvgIpc) is 3.68. The normalized spacial score (nSPS) is 20.1. The van der Waals surface area contributed by atoms with Gasteiger partial charge in [-0.15, -0.1) is 22.7 Å². The van der Waals surface area contributed by atoms with Gasteiger partial charge in [0, 0.05) is 48.2 Å². The summed E-state index contributed by atoms with van der Waals surface area (Å²) < 4.78 is 29.6. The second kappa shape index (κ2) is 12.4. The molecule has 2 aliphatic heterocycles. The van der Waals surface area contributed by atoms with Crippen LogP contribution in [0.15, 0.2) is 52.9 Å². The number of likely N-dealkylation sites (tertiary alicyclic amines) is 2. The number of halogens is 1. The van der Waals surface area contributed by atoms with Crippen molar-refractivity contribution in [2.75, 3.05) is 26.2 Å². The monoisotopic (exact) mass is 607 g/mol. The summed E-state index contributed by atoms with van der Waals surface area (Å²) in [6, 6.07) is 11.8. The summed E-state index contributed by atoms with van der Waals surface area (Å²) >= 11 is 8.53. The summed E-state index contributed by atoms with van der Waals surface area (Å²) in [5.74, 6) is -0.462. The summed E-state index contributed by atoms with van der Waals surface area (Å²) in [4.78, 5) is 35.8. The molecule has 0 aromatic carbocycles. The van der Waals surface area contributed by atoms with E-state index in [0.29, 0.717) is 43.4 Å². The summed E-state index contributed by atoms with van der Waals surface area (Å²) in [6.45, 7) is 2.32. The Hall–Kier alpha value is -2.35. The van der Waals surface area contributed by atoms with Gasteiger partial charge in [0.1, 0.15) is 10.3 Å². The van der Waals surface area contributed by atoms with Crippen LogP contribution in [-0.4, -0.2) is 73.3 Å². The zero-order chi connectivity index (χ0) is 27.4. The molecule has 2 atom stereocenters. The summed E-state index contributed by atoms with van der Waals surface area (Å²) in [6.07, 6.45) is 4.58. The standard InChI is InChI=1S/C26H30ClN5O4S3/c27-23-10-8-21(37-23)22-9-11-25(38-22)39(35,36)30-20-7-4-13-31(26(20)34)17-24(33)32-14-3-6-19(32)16-28-15-18-5-1-2-12-29-18/h1-2,5,8-12,19-20,28,30H,3-4,6-7,13-17H2/t19-,20-/m0/s1. The number of hydrogen-bond donors (Lipinski definition) is 2. The number of sulfonamides is 1. The second-order valence-corrected chi connectivity index (χ2v) is 14.4. The van der Waals surface area contributed by atoms with Crippen molar-refractivity contribution in [3.05, 3.63) is 58.7 Å². The maximum atomic E-state index is 13.2. The van der Waals surface area contributed by atoms with Gasteiger partial charge in [0.2, 0.25) is 11.8 Å². The quantitative estimate of drug-likeness (QED) is 0.364. The largest absolute Gasteiger partial charge is 0.337 e. The summed E-state index contributed by atoms with van der Waals surface area (Å²) in [5, 5.41) is 3.38. The van der Waals surface area contributed by atoms with E-state index in [4.69, 9.17) is 11.6 Å². The fourth-order valence-electron chi connectivity index (χ4n) is 5.00. The lowest BCUT2D eigenvalue weighted by molar-refractivity contribution is -0.143. The molecule has 208 valence electrons. The van der Waals surface area contributed by atoms with Gasteiger partial charge in [-0.3, -0.25) is 14.6 Å². The third-order valence-corrected chi connectivity index (χ3v) is 11.4. The second-order valence-electron chi connectivity index (χ2n) is 9.63. The zero-order valence-corrected chi connectivity index (χ0v) is 24.4. The molecule has 0 saturated carbocycles. The van der Waals surface area contributed by atoms with Crippen molar-refractivity contribution in [3.63, 3.8) is 0 Å². The van der Waals surface area contributed by atoms with Crippen LogP contribution in [0, 0.1) is 0 Å². The highest BCUT2D eigenvalue weighted by Crippen LogP contribution is 2.37. The van der Waals surface area contributed by atoms with E-state index in [0.717, 1.165) is 39.6 Å². The molecule has 0 spiro atoms. The van der Waals surface area contributed by atoms with Crippen LogP contribution in [0.1, 0.15) is 31.4 Å². The van der Waals surface area contributed by atoms with Crippen LogP contribution in [0.25, 0.3) is 9.75 Å². The third kappa shape index (κ3) is 6.87. The number of piperidine rings is 1. The Morgan fingerprint density at radius 2 is 1.85 bits per heavy atom. The lowest BCUT2D eigenvalue weighted by Gasteiger charge is -2.34. The van der Waals surface area contributed by atoms with Gasteiger partial charge in [0.25, 0.3) is 10.0 Å². The lowest BCUT2D eigenvalue weighted by atomic mass is 10.1. The molecule has 2 amide bonds. The van der Waals surface area contributed by atoms with Crippen molar-refractivity contribution >= 4 is 56.1 Å². The first kappa shape index (κ1) is 28.2. The topological polar surface area (TPSA) is 112 Å². The van der Waals surface area contributed by atoms with E-state index in [-0.39, 0.29) is 28.6 Å². The molecule has 0 radical (unpaired) electrons. The Labute approximate surface area is 241 Å². The molecule has 0 aliphatic carbocycles. The minimum atomic E-state index is -3.90. The molecule has 0 bridgehead atoms. The smallest absolute Gasteiger partial charge is 0.250 e. The minimum Gasteiger partial charge on any atom is -0.337 e. The molecule has 3 aromatic rings. The Balaban J connectivity index is 1.16. The molecule has 13 heteroatoms. The number of pyridine rings is 1. The minimum absolute atomic E-state index is 0.0455. The molecular weight excluding hydrogens is 578 g/mol. The van der Waals surface area contributed by atoms with E-state index < -0.39 is 16.1 Å². The number of amides is 2. The lowest BCUT2D eigenvalue weighted by Crippen LogP contribution is -2.55. The van der Waals surface area contributed by atoms with E-state index in [1.807, 2.05) is 29.2 Å². The number of carbonyl (C=O) groups is 2. The molecular formula is C26H30ClN5O4S3. The zero-order valence-electron chi connectivity index (χ0n) is 21.2. The number of aromatic nitrogens is 1. The fourth-order valence-corrected chi connectivity index (χ4v) is 8.68. The predicted octanol–water partition coefficient (Wildman–Crippen LogP) is 3.58. The van der Waals surface area contributed by atoms with E-state index in [9.17, 15) is 18.0 Å². The number of rotatable bonds is 10. The molecule has 2 saturated heterocycles. The number of thiophene rings is 2. The van der Waals surface area contributed by atoms with E-state index in [2.05, 4.69) is 15.0 Å². The molecule has 2 fully saturated rings. The van der Waals surface area contributed by atoms with Crippen LogP contribution >= 0.6 is 34.3 Å². The highest BCUT2D eigenvalue weighted by molar-refractivity contribution is 7.91. The Morgan fingerprint density at radius 3 is 2.62 bits per heavy atom. The molecule has 0 unspecified atom stereocenters. The molecule has 9 nitrogen and oxygen atoms in total. The van der Waals surface area contributed by atoms with Crippen molar-refractivity contribution < 1.29 is 18.0 Å². The van der Waals surface area contributed by atoms with Crippen LogP contribution in [0.2, 0.25) is 4.34 Å². The van der Waals surface area contributed by atoms with Gasteiger partial charge < -0.3 is 15.1 Å². The highest BCUT2D eigenvalue weighted by Gasteiger charge is 2.36. The first-order chi connectivity index (χ1) is 18.8. The molecule has 2 aliphatic rings. The number of nitrogens with one attached hydrogen (secondary N) is 2. The molecule has 5 rings (SSSR count). The van der Waals surface area contributed by atoms with Crippen molar-refractivity contribution in [1.82, 2.24) is 24.8 Å². The van der Waals surface area contributed by atoms with E-state index in [1.165, 1.54) is 16.2 Å². The van der Waals surface area contributed by atoms with E-state index >= 15 is 0 Å². The van der Waals surface area contributed by atoms with Gasteiger partial charge in [-0.05, 0) is 62.1 Å². The highest BCUT2D eigenvalue weighted by atomic mass is 35.5. The van der Waals surface area contributed by atoms with Gasteiger partial charge in [0.15, 0.2) is 0 Å². The van der Waals surface area contributed by atoms with Crippen LogP contribution < -0.4 is 10.0 Å². The van der Waals surface area contributed by atoms with Crippen molar-refractivity contribution in [1.29, 1.82) is 0 Å². The van der Waals surface area contributed by atoms with Gasteiger partial charge in [0.05, 0.1) is 16.6 Å².